The predicted molar refractivity (Wildman–Crippen MR) is 83.9 cm³/mol. The third-order valence-corrected chi connectivity index (χ3v) is 3.15. The van der Waals surface area contributed by atoms with E-state index < -0.39 is 0 Å². The molecule has 0 spiro atoms. The first kappa shape index (κ1) is 17.2. The van der Waals surface area contributed by atoms with E-state index in [1.165, 1.54) is 5.56 Å². The second kappa shape index (κ2) is 9.11. The van der Waals surface area contributed by atoms with Crippen LogP contribution < -0.4 is 5.73 Å². The number of ether oxygens (including phenoxy) is 2. The average molecular weight is 279 g/mol. The average Bonchev–Trinajstić information content (AvgIpc) is 2.42. The summed E-state index contributed by atoms with van der Waals surface area (Å²) in [5.74, 6) is 1.12. The summed E-state index contributed by atoms with van der Waals surface area (Å²) in [5, 5.41) is 0. The molecule has 114 valence electrons. The Morgan fingerprint density at radius 3 is 1.85 bits per heavy atom. The molecular weight excluding hydrogens is 250 g/mol. The molecule has 0 aliphatic rings. The van der Waals surface area contributed by atoms with Crippen LogP contribution in [-0.2, 0) is 9.47 Å². The first-order chi connectivity index (χ1) is 9.50. The van der Waals surface area contributed by atoms with Crippen LogP contribution in [0.15, 0.2) is 24.3 Å². The van der Waals surface area contributed by atoms with Crippen molar-refractivity contribution >= 4 is 0 Å². The van der Waals surface area contributed by atoms with Crippen LogP contribution in [0.5, 0.6) is 0 Å². The van der Waals surface area contributed by atoms with Gasteiger partial charge in [-0.1, -0.05) is 52.0 Å². The molecule has 1 aromatic rings. The second-order valence-corrected chi connectivity index (χ2v) is 5.97. The van der Waals surface area contributed by atoms with E-state index in [1.807, 2.05) is 0 Å². The highest BCUT2D eigenvalue weighted by Crippen LogP contribution is 2.17. The van der Waals surface area contributed by atoms with Crippen LogP contribution >= 0.6 is 0 Å². The molecule has 0 aliphatic heterocycles. The van der Waals surface area contributed by atoms with Gasteiger partial charge in [-0.2, -0.15) is 0 Å². The molecule has 2 N–H and O–H groups in total. The fourth-order valence-electron chi connectivity index (χ4n) is 1.87. The molecule has 20 heavy (non-hydrogen) atoms. The van der Waals surface area contributed by atoms with Gasteiger partial charge in [0.15, 0.2) is 0 Å². The minimum Gasteiger partial charge on any atom is -0.379 e. The van der Waals surface area contributed by atoms with Crippen LogP contribution in [0.25, 0.3) is 0 Å². The Hall–Kier alpha value is -0.900. The van der Waals surface area contributed by atoms with Crippen molar-refractivity contribution in [2.45, 2.75) is 39.7 Å². The fourth-order valence-corrected chi connectivity index (χ4v) is 1.87. The molecule has 0 bridgehead atoms. The lowest BCUT2D eigenvalue weighted by atomic mass is 10.00. The summed E-state index contributed by atoms with van der Waals surface area (Å²) in [6, 6.07) is 8.41. The summed E-state index contributed by atoms with van der Waals surface area (Å²) in [4.78, 5) is 0. The monoisotopic (exact) mass is 279 g/mol. The molecule has 3 nitrogen and oxygen atoms in total. The number of hydrogen-bond donors (Lipinski definition) is 1. The summed E-state index contributed by atoms with van der Waals surface area (Å²) in [7, 11) is 0. The van der Waals surface area contributed by atoms with Crippen LogP contribution in [-0.4, -0.2) is 26.4 Å². The molecule has 0 aromatic heterocycles. The zero-order chi connectivity index (χ0) is 15.0. The van der Waals surface area contributed by atoms with Gasteiger partial charge in [0.05, 0.1) is 25.9 Å². The minimum atomic E-state index is -0.0682. The van der Waals surface area contributed by atoms with Gasteiger partial charge in [-0.15, -0.1) is 0 Å². The van der Waals surface area contributed by atoms with Crippen molar-refractivity contribution in [3.63, 3.8) is 0 Å². The second-order valence-electron chi connectivity index (χ2n) is 5.97. The molecule has 0 amide bonds. The standard InChI is InChI=1S/C17H29NO2/c1-13(2)11-19-9-10-20-12-17(18)16-7-5-15(6-8-16)14(3)4/h5-8,13-14,17H,9-12,18H2,1-4H3. The highest BCUT2D eigenvalue weighted by atomic mass is 16.5. The molecule has 1 rings (SSSR count). The fraction of sp³-hybridized carbons (Fsp3) is 0.647. The van der Waals surface area contributed by atoms with Gasteiger partial charge >= 0.3 is 0 Å². The highest BCUT2D eigenvalue weighted by Gasteiger charge is 2.07. The molecule has 0 saturated heterocycles. The van der Waals surface area contributed by atoms with E-state index in [1.54, 1.807) is 0 Å². The third kappa shape index (κ3) is 6.51. The lowest BCUT2D eigenvalue weighted by Gasteiger charge is -2.14. The van der Waals surface area contributed by atoms with Gasteiger partial charge in [0, 0.05) is 6.61 Å². The Labute approximate surface area is 123 Å². The molecule has 0 heterocycles. The van der Waals surface area contributed by atoms with Crippen molar-refractivity contribution < 1.29 is 9.47 Å². The van der Waals surface area contributed by atoms with E-state index >= 15 is 0 Å². The van der Waals surface area contributed by atoms with Crippen LogP contribution in [0.2, 0.25) is 0 Å². The predicted octanol–water partition coefficient (Wildman–Crippen LogP) is 3.50. The highest BCUT2D eigenvalue weighted by molar-refractivity contribution is 5.26. The van der Waals surface area contributed by atoms with Gasteiger partial charge < -0.3 is 15.2 Å². The quantitative estimate of drug-likeness (QED) is 0.704. The lowest BCUT2D eigenvalue weighted by molar-refractivity contribution is 0.0333. The molecule has 0 saturated carbocycles. The Bertz CT molecular complexity index is 360. The van der Waals surface area contributed by atoms with Crippen molar-refractivity contribution in [1.29, 1.82) is 0 Å². The van der Waals surface area contributed by atoms with E-state index in [4.69, 9.17) is 15.2 Å². The molecule has 0 radical (unpaired) electrons. The molecule has 0 fully saturated rings. The van der Waals surface area contributed by atoms with Crippen molar-refractivity contribution in [3.8, 4) is 0 Å². The van der Waals surface area contributed by atoms with E-state index in [2.05, 4.69) is 52.0 Å². The van der Waals surface area contributed by atoms with Crippen LogP contribution in [0.4, 0.5) is 0 Å². The summed E-state index contributed by atoms with van der Waals surface area (Å²) in [6.45, 7) is 11.2. The van der Waals surface area contributed by atoms with Gasteiger partial charge in [0.25, 0.3) is 0 Å². The zero-order valence-electron chi connectivity index (χ0n) is 13.3. The van der Waals surface area contributed by atoms with Gasteiger partial charge in [-0.25, -0.2) is 0 Å². The maximum Gasteiger partial charge on any atom is 0.0701 e. The Morgan fingerprint density at radius 1 is 0.850 bits per heavy atom. The zero-order valence-corrected chi connectivity index (χ0v) is 13.3. The first-order valence-electron chi connectivity index (χ1n) is 7.51. The maximum absolute atomic E-state index is 6.12. The van der Waals surface area contributed by atoms with E-state index in [0.29, 0.717) is 31.7 Å². The van der Waals surface area contributed by atoms with Crippen LogP contribution in [0.3, 0.4) is 0 Å². The number of nitrogens with two attached hydrogens (primary N) is 1. The van der Waals surface area contributed by atoms with Gasteiger partial charge in [-0.05, 0) is 23.0 Å². The maximum atomic E-state index is 6.12. The molecule has 1 atom stereocenters. The first-order valence-corrected chi connectivity index (χ1v) is 7.51. The van der Waals surface area contributed by atoms with E-state index in [9.17, 15) is 0 Å². The summed E-state index contributed by atoms with van der Waals surface area (Å²) < 4.78 is 11.0. The molecule has 1 aromatic carbocycles. The van der Waals surface area contributed by atoms with Gasteiger partial charge in [-0.3, -0.25) is 0 Å². The lowest BCUT2D eigenvalue weighted by Crippen LogP contribution is -2.19. The number of rotatable bonds is 9. The Morgan fingerprint density at radius 2 is 1.35 bits per heavy atom. The van der Waals surface area contributed by atoms with E-state index in [-0.39, 0.29) is 6.04 Å². The summed E-state index contributed by atoms with van der Waals surface area (Å²) >= 11 is 0. The smallest absolute Gasteiger partial charge is 0.0701 e. The van der Waals surface area contributed by atoms with Crippen molar-refractivity contribution in [2.75, 3.05) is 26.4 Å². The van der Waals surface area contributed by atoms with Gasteiger partial charge in [0.2, 0.25) is 0 Å². The summed E-state index contributed by atoms with van der Waals surface area (Å²) in [5.41, 5.74) is 8.58. The van der Waals surface area contributed by atoms with Crippen LogP contribution in [0, 0.1) is 5.92 Å². The molecule has 3 heteroatoms. The normalized spacial score (nSPS) is 13.2. The van der Waals surface area contributed by atoms with Crippen molar-refractivity contribution in [1.82, 2.24) is 0 Å². The molecule has 1 unspecified atom stereocenters. The Balaban J connectivity index is 2.23. The molecule has 0 aliphatic carbocycles. The summed E-state index contributed by atoms with van der Waals surface area (Å²) in [6.07, 6.45) is 0. The van der Waals surface area contributed by atoms with Crippen molar-refractivity contribution in [2.24, 2.45) is 11.7 Å². The topological polar surface area (TPSA) is 44.5 Å². The van der Waals surface area contributed by atoms with Gasteiger partial charge in [0.1, 0.15) is 0 Å². The number of hydrogen-bond acceptors (Lipinski definition) is 3. The van der Waals surface area contributed by atoms with Crippen molar-refractivity contribution in [3.05, 3.63) is 35.4 Å². The number of benzene rings is 1. The third-order valence-electron chi connectivity index (χ3n) is 3.15. The SMILES string of the molecule is CC(C)COCCOCC(N)c1ccc(C(C)C)cc1. The largest absolute Gasteiger partial charge is 0.379 e. The molecular formula is C17H29NO2. The Kier molecular flexibility index (Phi) is 7.82. The van der Waals surface area contributed by atoms with Crippen LogP contribution in [0.1, 0.15) is 50.8 Å². The minimum absolute atomic E-state index is 0.0682. The van der Waals surface area contributed by atoms with E-state index in [0.717, 1.165) is 12.2 Å².